The van der Waals surface area contributed by atoms with Crippen molar-refractivity contribution in [3.05, 3.63) is 35.4 Å². The van der Waals surface area contributed by atoms with Crippen LogP contribution in [0.15, 0.2) is 24.3 Å². The number of rotatable bonds is 2. The van der Waals surface area contributed by atoms with Crippen molar-refractivity contribution in [3.63, 3.8) is 0 Å². The summed E-state index contributed by atoms with van der Waals surface area (Å²) in [5.74, 6) is 0. The van der Waals surface area contributed by atoms with Crippen LogP contribution < -0.4 is 0 Å². The highest BCUT2D eigenvalue weighted by atomic mass is 16.3. The first-order valence-corrected chi connectivity index (χ1v) is 8.42. The third-order valence-electron chi connectivity index (χ3n) is 5.12. The largest absolute Gasteiger partial charge is 0.390 e. The molecule has 2 rings (SSSR count). The highest BCUT2D eigenvalue weighted by molar-refractivity contribution is 5.28. The van der Waals surface area contributed by atoms with Crippen molar-refractivity contribution in [3.8, 4) is 0 Å². The molecule has 0 spiro atoms. The van der Waals surface area contributed by atoms with Crippen LogP contribution in [0.3, 0.4) is 0 Å². The van der Waals surface area contributed by atoms with E-state index in [2.05, 4.69) is 58.9 Å². The van der Waals surface area contributed by atoms with Crippen LogP contribution in [0.25, 0.3) is 0 Å². The maximum Gasteiger partial charge on any atom is 0.0688 e. The molecule has 1 heteroatoms. The minimum absolute atomic E-state index is 0.196. The Kier molecular flexibility index (Phi) is 4.54. The Balaban J connectivity index is 2.07. The normalized spacial score (nSPS) is 26.4. The van der Waals surface area contributed by atoms with E-state index in [1.807, 2.05) is 0 Å². The van der Waals surface area contributed by atoms with Crippen molar-refractivity contribution >= 4 is 0 Å². The Morgan fingerprint density at radius 3 is 2.14 bits per heavy atom. The molecule has 1 fully saturated rings. The molecule has 118 valence electrons. The summed E-state index contributed by atoms with van der Waals surface area (Å²) >= 11 is 0. The van der Waals surface area contributed by atoms with E-state index < -0.39 is 5.60 Å². The summed E-state index contributed by atoms with van der Waals surface area (Å²) in [7, 11) is 0. The lowest BCUT2D eigenvalue weighted by atomic mass is 9.82. The van der Waals surface area contributed by atoms with Gasteiger partial charge in [0.15, 0.2) is 0 Å². The van der Waals surface area contributed by atoms with Crippen LogP contribution in [-0.2, 0) is 11.8 Å². The molecule has 1 nitrogen and oxygen atoms in total. The van der Waals surface area contributed by atoms with Crippen molar-refractivity contribution in [1.82, 2.24) is 0 Å². The standard InChI is InChI=1S/C20H32O/c1-18(2,3)17-9-7-16(8-10-17)15-20(21)12-6-11-19(4,5)13-14-20/h7-10,21H,6,11-15H2,1-5H3. The van der Waals surface area contributed by atoms with Gasteiger partial charge in [0.25, 0.3) is 0 Å². The summed E-state index contributed by atoms with van der Waals surface area (Å²) in [6.45, 7) is 11.4. The molecule has 0 bridgehead atoms. The van der Waals surface area contributed by atoms with E-state index in [0.29, 0.717) is 5.41 Å². The molecule has 0 amide bonds. The fourth-order valence-electron chi connectivity index (χ4n) is 3.40. The highest BCUT2D eigenvalue weighted by Gasteiger charge is 2.33. The molecule has 1 aromatic rings. The van der Waals surface area contributed by atoms with Gasteiger partial charge in [-0.25, -0.2) is 0 Å². The quantitative estimate of drug-likeness (QED) is 0.737. The van der Waals surface area contributed by atoms with Gasteiger partial charge < -0.3 is 5.11 Å². The predicted octanol–water partition coefficient (Wildman–Crippen LogP) is 5.25. The van der Waals surface area contributed by atoms with Gasteiger partial charge in [0, 0.05) is 6.42 Å². The molecule has 0 radical (unpaired) electrons. The van der Waals surface area contributed by atoms with Gasteiger partial charge in [0.2, 0.25) is 0 Å². The first kappa shape index (κ1) is 16.5. The number of aliphatic hydroxyl groups is 1. The van der Waals surface area contributed by atoms with Crippen molar-refractivity contribution in [2.24, 2.45) is 5.41 Å². The predicted molar refractivity (Wildman–Crippen MR) is 90.7 cm³/mol. The Hall–Kier alpha value is -0.820. The van der Waals surface area contributed by atoms with Crippen LogP contribution in [0.4, 0.5) is 0 Å². The molecule has 0 saturated heterocycles. The molecule has 1 N–H and O–H groups in total. The van der Waals surface area contributed by atoms with Gasteiger partial charge in [-0.3, -0.25) is 0 Å². The third kappa shape index (κ3) is 4.57. The molecule has 1 atom stereocenters. The second-order valence-corrected chi connectivity index (χ2v) is 8.87. The molecule has 1 unspecified atom stereocenters. The van der Waals surface area contributed by atoms with Gasteiger partial charge in [0.05, 0.1) is 5.60 Å². The number of hydrogen-bond donors (Lipinski definition) is 1. The second-order valence-electron chi connectivity index (χ2n) is 8.87. The molecular weight excluding hydrogens is 256 g/mol. The zero-order valence-corrected chi connectivity index (χ0v) is 14.5. The van der Waals surface area contributed by atoms with E-state index in [1.165, 1.54) is 17.5 Å². The van der Waals surface area contributed by atoms with Gasteiger partial charge in [-0.15, -0.1) is 0 Å². The maximum atomic E-state index is 11.0. The van der Waals surface area contributed by atoms with E-state index in [1.54, 1.807) is 0 Å². The van der Waals surface area contributed by atoms with Crippen LogP contribution in [0.5, 0.6) is 0 Å². The van der Waals surface area contributed by atoms with Crippen molar-refractivity contribution in [1.29, 1.82) is 0 Å². The molecule has 1 aromatic carbocycles. The number of hydrogen-bond acceptors (Lipinski definition) is 1. The minimum Gasteiger partial charge on any atom is -0.390 e. The van der Waals surface area contributed by atoms with Crippen LogP contribution in [0.2, 0.25) is 0 Å². The molecule has 1 aliphatic carbocycles. The topological polar surface area (TPSA) is 20.2 Å². The highest BCUT2D eigenvalue weighted by Crippen LogP contribution is 2.39. The van der Waals surface area contributed by atoms with Gasteiger partial charge in [-0.1, -0.05) is 65.3 Å². The summed E-state index contributed by atoms with van der Waals surface area (Å²) < 4.78 is 0. The van der Waals surface area contributed by atoms with Crippen LogP contribution in [-0.4, -0.2) is 10.7 Å². The minimum atomic E-state index is -0.503. The molecule has 0 heterocycles. The van der Waals surface area contributed by atoms with Gasteiger partial charge in [-0.2, -0.15) is 0 Å². The SMILES string of the molecule is CC1(C)CCCC(O)(Cc2ccc(C(C)(C)C)cc2)CC1. The van der Waals surface area contributed by atoms with E-state index >= 15 is 0 Å². The van der Waals surface area contributed by atoms with E-state index in [-0.39, 0.29) is 5.41 Å². The molecule has 1 saturated carbocycles. The monoisotopic (exact) mass is 288 g/mol. The Bertz CT molecular complexity index is 464. The lowest BCUT2D eigenvalue weighted by Crippen LogP contribution is -2.31. The van der Waals surface area contributed by atoms with Gasteiger partial charge in [0.1, 0.15) is 0 Å². The third-order valence-corrected chi connectivity index (χ3v) is 5.12. The molecule has 1 aliphatic rings. The second kappa shape index (κ2) is 5.76. The van der Waals surface area contributed by atoms with Crippen LogP contribution in [0, 0.1) is 5.41 Å². The summed E-state index contributed by atoms with van der Waals surface area (Å²) in [6, 6.07) is 8.85. The number of benzene rings is 1. The molecular formula is C20H32O. The lowest BCUT2D eigenvalue weighted by Gasteiger charge is -2.28. The van der Waals surface area contributed by atoms with E-state index in [9.17, 15) is 5.11 Å². The molecule has 0 aromatic heterocycles. The van der Waals surface area contributed by atoms with Crippen LogP contribution >= 0.6 is 0 Å². The Labute approximate surface area is 130 Å². The zero-order chi connectivity index (χ0) is 15.7. The summed E-state index contributed by atoms with van der Waals surface area (Å²) in [5, 5.41) is 11.0. The van der Waals surface area contributed by atoms with Crippen molar-refractivity contribution in [2.75, 3.05) is 0 Å². The van der Waals surface area contributed by atoms with Gasteiger partial charge >= 0.3 is 0 Å². The Morgan fingerprint density at radius 1 is 0.952 bits per heavy atom. The van der Waals surface area contributed by atoms with E-state index in [0.717, 1.165) is 32.1 Å². The first-order valence-electron chi connectivity index (χ1n) is 8.42. The smallest absolute Gasteiger partial charge is 0.0688 e. The van der Waals surface area contributed by atoms with Crippen LogP contribution in [0.1, 0.15) is 77.8 Å². The Morgan fingerprint density at radius 2 is 1.57 bits per heavy atom. The molecule has 0 aliphatic heterocycles. The average molecular weight is 288 g/mol. The average Bonchev–Trinajstić information content (AvgIpc) is 2.48. The molecule has 21 heavy (non-hydrogen) atoms. The van der Waals surface area contributed by atoms with Gasteiger partial charge in [-0.05, 0) is 47.6 Å². The summed E-state index contributed by atoms with van der Waals surface area (Å²) in [6.07, 6.45) is 6.18. The summed E-state index contributed by atoms with van der Waals surface area (Å²) in [4.78, 5) is 0. The van der Waals surface area contributed by atoms with E-state index in [4.69, 9.17) is 0 Å². The van der Waals surface area contributed by atoms with Crippen molar-refractivity contribution < 1.29 is 5.11 Å². The maximum absolute atomic E-state index is 11.0. The fraction of sp³-hybridized carbons (Fsp3) is 0.700. The summed E-state index contributed by atoms with van der Waals surface area (Å²) in [5.41, 5.74) is 2.71. The fourth-order valence-corrected chi connectivity index (χ4v) is 3.40. The first-order chi connectivity index (χ1) is 9.60. The lowest BCUT2D eigenvalue weighted by molar-refractivity contribution is 0.0226. The van der Waals surface area contributed by atoms with Crippen molar-refractivity contribution in [2.45, 2.75) is 84.2 Å². The zero-order valence-electron chi connectivity index (χ0n) is 14.5.